The minimum Gasteiger partial charge on any atom is -0.506 e. The molecule has 1 heterocycles. The first-order valence-electron chi connectivity index (χ1n) is 6.18. The fourth-order valence-corrected chi connectivity index (χ4v) is 5.08. The summed E-state index contributed by atoms with van der Waals surface area (Å²) in [6.07, 6.45) is -0.0689. The molecule has 0 aromatic heterocycles. The molecule has 1 saturated heterocycles. The van der Waals surface area contributed by atoms with Gasteiger partial charge in [0.1, 0.15) is 5.75 Å². The van der Waals surface area contributed by atoms with Gasteiger partial charge in [-0.1, -0.05) is 0 Å². The van der Waals surface area contributed by atoms with Crippen LogP contribution in [0.5, 0.6) is 5.75 Å². The normalized spacial score (nSPS) is 18.6. The maximum atomic E-state index is 12.7. The zero-order valence-electron chi connectivity index (χ0n) is 10.9. The van der Waals surface area contributed by atoms with Gasteiger partial charge in [-0.2, -0.15) is 11.8 Å². The molecule has 1 fully saturated rings. The van der Waals surface area contributed by atoms with Crippen LogP contribution in [-0.4, -0.2) is 51.1 Å². The number of aliphatic carboxylic acids is 1. The monoisotopic (exact) mass is 533 g/mol. The van der Waals surface area contributed by atoms with E-state index in [1.54, 1.807) is 28.8 Å². The lowest BCUT2D eigenvalue weighted by molar-refractivity contribution is -0.138. The van der Waals surface area contributed by atoms with Gasteiger partial charge in [-0.15, -0.1) is 0 Å². The Labute approximate surface area is 153 Å². The number of carbonyl (C=O) groups is 2. The number of rotatable bonds is 3. The molecule has 1 aromatic carbocycles. The Morgan fingerprint density at radius 1 is 1.38 bits per heavy atom. The molecule has 0 saturated carbocycles. The number of carboxylic acids is 1. The van der Waals surface area contributed by atoms with Crippen LogP contribution in [0.15, 0.2) is 12.1 Å². The summed E-state index contributed by atoms with van der Waals surface area (Å²) < 4.78 is 1.48. The van der Waals surface area contributed by atoms with Crippen molar-refractivity contribution in [2.24, 2.45) is 0 Å². The number of hydrogen-bond acceptors (Lipinski definition) is 4. The van der Waals surface area contributed by atoms with Gasteiger partial charge in [0, 0.05) is 21.6 Å². The Morgan fingerprint density at radius 2 is 2.10 bits per heavy atom. The Hall–Kier alpha value is -0.230. The lowest BCUT2D eigenvalue weighted by atomic mass is 10.1. The topological polar surface area (TPSA) is 77.8 Å². The van der Waals surface area contributed by atoms with E-state index in [0.717, 1.165) is 9.32 Å². The Kier molecular flexibility index (Phi) is 6.00. The summed E-state index contributed by atoms with van der Waals surface area (Å²) in [6, 6.07) is 3.09. The van der Waals surface area contributed by atoms with E-state index >= 15 is 0 Å². The van der Waals surface area contributed by atoms with Gasteiger partial charge in [-0.3, -0.25) is 9.59 Å². The second-order valence-electron chi connectivity index (χ2n) is 4.61. The number of halogens is 2. The third-order valence-corrected chi connectivity index (χ3v) is 5.69. The molecule has 2 N–H and O–H groups in total. The number of nitrogens with zero attached hydrogens (tertiary/aromatic N) is 1. The van der Waals surface area contributed by atoms with Crippen LogP contribution in [0.4, 0.5) is 0 Å². The summed E-state index contributed by atoms with van der Waals surface area (Å²) in [5.74, 6) is 0.147. The molecule has 0 aliphatic carbocycles. The lowest BCUT2D eigenvalue weighted by Gasteiger charge is -2.34. The molecule has 5 nitrogen and oxygen atoms in total. The van der Waals surface area contributed by atoms with E-state index in [9.17, 15) is 14.7 Å². The van der Waals surface area contributed by atoms with Gasteiger partial charge in [-0.25, -0.2) is 0 Å². The van der Waals surface area contributed by atoms with Crippen LogP contribution in [0.3, 0.4) is 0 Å². The number of carbonyl (C=O) groups excluding carboxylic acids is 1. The van der Waals surface area contributed by atoms with E-state index < -0.39 is 5.97 Å². The van der Waals surface area contributed by atoms with Crippen molar-refractivity contribution in [1.82, 2.24) is 4.90 Å². The maximum Gasteiger partial charge on any atom is 0.305 e. The number of hydrogen-bond donors (Lipinski definition) is 2. The van der Waals surface area contributed by atoms with Gasteiger partial charge in [0.25, 0.3) is 5.91 Å². The third-order valence-electron chi connectivity index (χ3n) is 3.16. The number of carboxylic acid groups (broad SMARTS) is 1. The summed E-state index contributed by atoms with van der Waals surface area (Å²) >= 11 is 5.72. The van der Waals surface area contributed by atoms with Crippen molar-refractivity contribution in [2.45, 2.75) is 12.5 Å². The number of phenolic OH excluding ortho intramolecular Hbond substituents is 1. The Bertz CT molecular complexity index is 582. The third kappa shape index (κ3) is 4.15. The van der Waals surface area contributed by atoms with Gasteiger partial charge < -0.3 is 15.1 Å². The SMILES string of the molecule is O=C(O)CC1CSCCN1C(=O)c1cc(I)cc(I)c1O. The molecule has 1 aliphatic heterocycles. The molecule has 0 radical (unpaired) electrons. The summed E-state index contributed by atoms with van der Waals surface area (Å²) in [4.78, 5) is 25.2. The number of amides is 1. The van der Waals surface area contributed by atoms with Gasteiger partial charge in [0.05, 0.1) is 21.6 Å². The highest BCUT2D eigenvalue weighted by Gasteiger charge is 2.31. The molecule has 21 heavy (non-hydrogen) atoms. The first kappa shape index (κ1) is 17.1. The molecule has 0 bridgehead atoms. The first-order chi connectivity index (χ1) is 9.90. The minimum absolute atomic E-state index is 0.0340. The number of aromatic hydroxyl groups is 1. The van der Waals surface area contributed by atoms with Crippen molar-refractivity contribution < 1.29 is 19.8 Å². The van der Waals surface area contributed by atoms with Crippen LogP contribution < -0.4 is 0 Å². The highest BCUT2D eigenvalue weighted by Crippen LogP contribution is 2.30. The molecule has 1 unspecified atom stereocenters. The van der Waals surface area contributed by atoms with Crippen LogP contribution in [-0.2, 0) is 4.79 Å². The molecule has 2 rings (SSSR count). The molecule has 114 valence electrons. The molecule has 0 spiro atoms. The Morgan fingerprint density at radius 3 is 2.76 bits per heavy atom. The second-order valence-corrected chi connectivity index (χ2v) is 8.17. The van der Waals surface area contributed by atoms with Crippen LogP contribution in [0, 0.1) is 7.14 Å². The summed E-state index contributed by atoms with van der Waals surface area (Å²) in [5.41, 5.74) is 0.244. The Balaban J connectivity index is 2.31. The van der Waals surface area contributed by atoms with E-state index in [1.807, 2.05) is 22.6 Å². The average molecular weight is 533 g/mol. The van der Waals surface area contributed by atoms with E-state index in [0.29, 0.717) is 15.9 Å². The van der Waals surface area contributed by atoms with Crippen molar-refractivity contribution in [3.8, 4) is 5.75 Å². The van der Waals surface area contributed by atoms with Crippen LogP contribution >= 0.6 is 56.9 Å². The quantitative estimate of drug-likeness (QED) is 0.585. The molecular weight excluding hydrogens is 520 g/mol. The predicted molar refractivity (Wildman–Crippen MR) is 97.9 cm³/mol. The van der Waals surface area contributed by atoms with Gasteiger partial charge in [0.2, 0.25) is 0 Å². The second kappa shape index (κ2) is 7.36. The summed E-state index contributed by atoms with van der Waals surface area (Å²) in [5, 5.41) is 19.1. The van der Waals surface area contributed by atoms with Crippen molar-refractivity contribution in [2.75, 3.05) is 18.1 Å². The predicted octanol–water partition coefficient (Wildman–Crippen LogP) is 2.63. The van der Waals surface area contributed by atoms with Crippen LogP contribution in [0.2, 0.25) is 0 Å². The van der Waals surface area contributed by atoms with Crippen molar-refractivity contribution in [3.63, 3.8) is 0 Å². The van der Waals surface area contributed by atoms with E-state index in [1.165, 1.54) is 0 Å². The lowest BCUT2D eigenvalue weighted by Crippen LogP contribution is -2.47. The van der Waals surface area contributed by atoms with Crippen molar-refractivity contribution in [1.29, 1.82) is 0 Å². The van der Waals surface area contributed by atoms with Crippen LogP contribution in [0.1, 0.15) is 16.8 Å². The van der Waals surface area contributed by atoms with E-state index in [4.69, 9.17) is 5.11 Å². The largest absolute Gasteiger partial charge is 0.506 e. The molecule has 1 atom stereocenters. The van der Waals surface area contributed by atoms with E-state index in [2.05, 4.69) is 22.6 Å². The molecule has 1 amide bonds. The minimum atomic E-state index is -0.915. The maximum absolute atomic E-state index is 12.7. The molecule has 1 aromatic rings. The van der Waals surface area contributed by atoms with E-state index in [-0.39, 0.29) is 29.7 Å². The average Bonchev–Trinajstić information content (AvgIpc) is 2.42. The fraction of sp³-hybridized carbons (Fsp3) is 0.385. The fourth-order valence-electron chi connectivity index (χ4n) is 2.18. The van der Waals surface area contributed by atoms with Crippen LogP contribution in [0.25, 0.3) is 0 Å². The molecule has 8 heteroatoms. The van der Waals surface area contributed by atoms with Gasteiger partial charge >= 0.3 is 5.97 Å². The highest BCUT2D eigenvalue weighted by molar-refractivity contribution is 14.1. The van der Waals surface area contributed by atoms with Gasteiger partial charge in [-0.05, 0) is 57.3 Å². The zero-order chi connectivity index (χ0) is 15.6. The smallest absolute Gasteiger partial charge is 0.305 e. The van der Waals surface area contributed by atoms with Crippen molar-refractivity contribution >= 4 is 68.8 Å². The molecular formula is C13H13I2NO4S. The summed E-state index contributed by atoms with van der Waals surface area (Å²) in [7, 11) is 0. The standard InChI is InChI=1S/C13H13I2NO4S/c14-7-3-9(12(19)10(15)4-7)13(20)16-1-2-21-6-8(16)5-11(17)18/h3-4,8,19H,1-2,5-6H2,(H,17,18). The first-order valence-corrected chi connectivity index (χ1v) is 9.50. The number of thioether (sulfide) groups is 1. The highest BCUT2D eigenvalue weighted by atomic mass is 127. The van der Waals surface area contributed by atoms with Gasteiger partial charge in [0.15, 0.2) is 0 Å². The summed E-state index contributed by atoms with van der Waals surface area (Å²) in [6.45, 7) is 0.503. The molecule has 1 aliphatic rings. The van der Waals surface area contributed by atoms with Crippen molar-refractivity contribution in [3.05, 3.63) is 24.8 Å². The zero-order valence-corrected chi connectivity index (χ0v) is 16.0. The number of benzene rings is 1. The number of phenols is 1.